The van der Waals surface area contributed by atoms with Gasteiger partial charge in [-0.3, -0.25) is 0 Å². The maximum Gasteiger partial charge on any atom is 0.178 e. The van der Waals surface area contributed by atoms with E-state index in [4.69, 9.17) is 5.73 Å². The number of nitrogens with two attached hydrogens (primary N) is 1. The monoisotopic (exact) mass is 255 g/mol. The lowest BCUT2D eigenvalue weighted by Crippen LogP contribution is -2.08. The first-order chi connectivity index (χ1) is 7.68. The molecular weight excluding hydrogens is 245 g/mol. The zero-order valence-corrected chi connectivity index (χ0v) is 10.2. The molecule has 0 radical (unpaired) electrons. The van der Waals surface area contributed by atoms with E-state index in [1.165, 1.54) is 29.2 Å². The summed E-state index contributed by atoms with van der Waals surface area (Å²) in [6, 6.07) is 4.60. The Hall–Kier alpha value is -0.980. The third-order valence-corrected chi connectivity index (χ3v) is 3.86. The predicted octanol–water partition coefficient (Wildman–Crippen LogP) is 2.85. The van der Waals surface area contributed by atoms with Gasteiger partial charge in [0, 0.05) is 16.5 Å². The van der Waals surface area contributed by atoms with Crippen molar-refractivity contribution in [3.63, 3.8) is 0 Å². The fraction of sp³-hybridized carbons (Fsp3) is 0.200. The fourth-order valence-corrected chi connectivity index (χ4v) is 3.04. The smallest absolute Gasteiger partial charge is 0.178 e. The van der Waals surface area contributed by atoms with E-state index in [-0.39, 0.29) is 11.9 Å². The number of benzene rings is 1. The standard InChI is InChI=1S/C10H10FN3S2/c1-6(12)9-7(11)3-2-4-8(9)16-10-14-13-5-15-10/h2-6H,12H2,1H3. The second kappa shape index (κ2) is 4.90. The summed E-state index contributed by atoms with van der Waals surface area (Å²) >= 11 is 2.81. The number of hydrogen-bond acceptors (Lipinski definition) is 5. The van der Waals surface area contributed by atoms with Gasteiger partial charge in [-0.05, 0) is 19.1 Å². The molecule has 6 heteroatoms. The largest absolute Gasteiger partial charge is 0.324 e. The molecular formula is C10H10FN3S2. The van der Waals surface area contributed by atoms with Crippen molar-refractivity contribution in [2.75, 3.05) is 0 Å². The summed E-state index contributed by atoms with van der Waals surface area (Å²) < 4.78 is 14.4. The summed E-state index contributed by atoms with van der Waals surface area (Å²) in [6.07, 6.45) is 0. The first kappa shape index (κ1) is 11.5. The van der Waals surface area contributed by atoms with Gasteiger partial charge < -0.3 is 5.73 Å². The van der Waals surface area contributed by atoms with Gasteiger partial charge in [0.25, 0.3) is 0 Å². The summed E-state index contributed by atoms with van der Waals surface area (Å²) in [5.41, 5.74) is 7.93. The molecule has 2 aromatic rings. The van der Waals surface area contributed by atoms with E-state index in [1.807, 2.05) is 6.07 Å². The van der Waals surface area contributed by atoms with E-state index in [1.54, 1.807) is 18.5 Å². The average Bonchev–Trinajstić information content (AvgIpc) is 2.70. The number of aromatic nitrogens is 2. The normalized spacial score (nSPS) is 12.7. The zero-order valence-electron chi connectivity index (χ0n) is 8.55. The minimum absolute atomic E-state index is 0.274. The topological polar surface area (TPSA) is 51.8 Å². The molecule has 1 atom stereocenters. The molecule has 0 bridgehead atoms. The fourth-order valence-electron chi connectivity index (χ4n) is 1.35. The Morgan fingerprint density at radius 3 is 2.94 bits per heavy atom. The van der Waals surface area contributed by atoms with Crippen LogP contribution in [0.2, 0.25) is 0 Å². The van der Waals surface area contributed by atoms with Crippen LogP contribution < -0.4 is 5.73 Å². The molecule has 2 rings (SSSR count). The van der Waals surface area contributed by atoms with Crippen LogP contribution >= 0.6 is 23.1 Å². The molecule has 0 aliphatic heterocycles. The average molecular weight is 255 g/mol. The molecule has 16 heavy (non-hydrogen) atoms. The Morgan fingerprint density at radius 2 is 2.31 bits per heavy atom. The second-order valence-corrected chi connectivity index (χ2v) is 5.37. The van der Waals surface area contributed by atoms with Gasteiger partial charge in [-0.15, -0.1) is 10.2 Å². The molecule has 1 heterocycles. The van der Waals surface area contributed by atoms with Gasteiger partial charge >= 0.3 is 0 Å². The van der Waals surface area contributed by atoms with Crippen molar-refractivity contribution < 1.29 is 4.39 Å². The van der Waals surface area contributed by atoms with Crippen LogP contribution in [0.15, 0.2) is 32.9 Å². The molecule has 84 valence electrons. The lowest BCUT2D eigenvalue weighted by Gasteiger charge is -2.11. The van der Waals surface area contributed by atoms with Crippen LogP contribution in [0.5, 0.6) is 0 Å². The lowest BCUT2D eigenvalue weighted by atomic mass is 10.1. The third-order valence-electron chi connectivity index (χ3n) is 2.01. The highest BCUT2D eigenvalue weighted by molar-refractivity contribution is 8.01. The Bertz CT molecular complexity index is 471. The van der Waals surface area contributed by atoms with Gasteiger partial charge in [-0.1, -0.05) is 29.2 Å². The Balaban J connectivity index is 2.37. The van der Waals surface area contributed by atoms with Crippen molar-refractivity contribution in [3.8, 4) is 0 Å². The van der Waals surface area contributed by atoms with Gasteiger partial charge in [0.1, 0.15) is 11.3 Å². The summed E-state index contributed by atoms with van der Waals surface area (Å²) in [5.74, 6) is -0.274. The van der Waals surface area contributed by atoms with Crippen molar-refractivity contribution in [2.24, 2.45) is 5.73 Å². The number of halogens is 1. The molecule has 0 aliphatic rings. The summed E-state index contributed by atoms with van der Waals surface area (Å²) in [4.78, 5) is 0.798. The van der Waals surface area contributed by atoms with Gasteiger partial charge in [0.05, 0.1) is 0 Å². The Morgan fingerprint density at radius 1 is 1.50 bits per heavy atom. The molecule has 1 aromatic carbocycles. The zero-order chi connectivity index (χ0) is 11.5. The van der Waals surface area contributed by atoms with Gasteiger partial charge in [0.2, 0.25) is 0 Å². The van der Waals surface area contributed by atoms with E-state index in [9.17, 15) is 4.39 Å². The number of hydrogen-bond donors (Lipinski definition) is 1. The summed E-state index contributed by atoms with van der Waals surface area (Å²) in [6.45, 7) is 1.77. The summed E-state index contributed by atoms with van der Waals surface area (Å²) in [7, 11) is 0. The van der Waals surface area contributed by atoms with Crippen molar-refractivity contribution in [1.29, 1.82) is 0 Å². The van der Waals surface area contributed by atoms with Crippen molar-refractivity contribution >= 4 is 23.1 Å². The highest BCUT2D eigenvalue weighted by Crippen LogP contribution is 2.34. The third kappa shape index (κ3) is 2.40. The molecule has 0 saturated heterocycles. The van der Waals surface area contributed by atoms with Crippen LogP contribution in [0, 0.1) is 5.82 Å². The maximum atomic E-state index is 13.6. The summed E-state index contributed by atoms with van der Waals surface area (Å²) in [5, 5.41) is 7.65. The second-order valence-electron chi connectivity index (χ2n) is 3.25. The van der Waals surface area contributed by atoms with Gasteiger partial charge in [0.15, 0.2) is 4.34 Å². The predicted molar refractivity (Wildman–Crippen MR) is 63.0 cm³/mol. The molecule has 3 nitrogen and oxygen atoms in total. The SMILES string of the molecule is CC(N)c1c(F)cccc1Sc1nncs1. The van der Waals surface area contributed by atoms with Crippen molar-refractivity contribution in [3.05, 3.63) is 35.1 Å². The van der Waals surface area contributed by atoms with Crippen LogP contribution in [0.1, 0.15) is 18.5 Å². The van der Waals surface area contributed by atoms with E-state index >= 15 is 0 Å². The van der Waals surface area contributed by atoms with Crippen molar-refractivity contribution in [1.82, 2.24) is 10.2 Å². The molecule has 0 saturated carbocycles. The van der Waals surface area contributed by atoms with Gasteiger partial charge in [-0.25, -0.2) is 4.39 Å². The maximum absolute atomic E-state index is 13.6. The molecule has 1 aromatic heterocycles. The quantitative estimate of drug-likeness (QED) is 0.916. The van der Waals surface area contributed by atoms with E-state index in [2.05, 4.69) is 10.2 Å². The van der Waals surface area contributed by atoms with Crippen LogP contribution in [-0.4, -0.2) is 10.2 Å². The van der Waals surface area contributed by atoms with Crippen LogP contribution in [0.3, 0.4) is 0 Å². The molecule has 1 unspecified atom stereocenters. The van der Waals surface area contributed by atoms with Crippen LogP contribution in [0.25, 0.3) is 0 Å². The molecule has 0 aliphatic carbocycles. The van der Waals surface area contributed by atoms with E-state index in [0.717, 1.165) is 9.24 Å². The van der Waals surface area contributed by atoms with E-state index < -0.39 is 0 Å². The minimum Gasteiger partial charge on any atom is -0.324 e. The molecule has 0 spiro atoms. The molecule has 2 N–H and O–H groups in total. The number of rotatable bonds is 3. The first-order valence-corrected chi connectivity index (χ1v) is 6.36. The highest BCUT2D eigenvalue weighted by Gasteiger charge is 2.14. The molecule has 0 amide bonds. The van der Waals surface area contributed by atoms with E-state index in [0.29, 0.717) is 5.56 Å². The minimum atomic E-state index is -0.336. The van der Waals surface area contributed by atoms with Crippen molar-refractivity contribution in [2.45, 2.75) is 22.2 Å². The highest BCUT2D eigenvalue weighted by atomic mass is 32.2. The molecule has 0 fully saturated rings. The lowest BCUT2D eigenvalue weighted by molar-refractivity contribution is 0.585. The Labute approximate surface area is 101 Å². The van der Waals surface area contributed by atoms with Crippen LogP contribution in [-0.2, 0) is 0 Å². The Kier molecular flexibility index (Phi) is 3.52. The van der Waals surface area contributed by atoms with Crippen LogP contribution in [0.4, 0.5) is 4.39 Å². The number of nitrogens with zero attached hydrogens (tertiary/aromatic N) is 2. The van der Waals surface area contributed by atoms with Gasteiger partial charge in [-0.2, -0.15) is 0 Å². The first-order valence-electron chi connectivity index (χ1n) is 4.66.